The molecule has 6 nitrogen and oxygen atoms in total. The Labute approximate surface area is 152 Å². The molecule has 0 radical (unpaired) electrons. The predicted octanol–water partition coefficient (Wildman–Crippen LogP) is 1.87. The SMILES string of the molecule is CCC(C)C(NC)C(CC(=O)N1CCCC1C(OC)C(C)C=O)OC. The van der Waals surface area contributed by atoms with Crippen LogP contribution in [0, 0.1) is 11.8 Å². The van der Waals surface area contributed by atoms with Crippen molar-refractivity contribution in [2.24, 2.45) is 11.8 Å². The average molecular weight is 357 g/mol. The molecule has 0 aliphatic carbocycles. The Morgan fingerprint density at radius 2 is 2.00 bits per heavy atom. The van der Waals surface area contributed by atoms with Crippen LogP contribution in [0.5, 0.6) is 0 Å². The first-order chi connectivity index (χ1) is 11.9. The van der Waals surface area contributed by atoms with Crippen molar-refractivity contribution in [1.29, 1.82) is 0 Å². The normalized spacial score (nSPS) is 23.8. The first-order valence-electron chi connectivity index (χ1n) is 9.42. The Morgan fingerprint density at radius 3 is 2.48 bits per heavy atom. The molecule has 1 rings (SSSR count). The lowest BCUT2D eigenvalue weighted by Gasteiger charge is -2.35. The van der Waals surface area contributed by atoms with Gasteiger partial charge < -0.3 is 24.5 Å². The Kier molecular flexibility index (Phi) is 9.61. The Hall–Kier alpha value is -0.980. The summed E-state index contributed by atoms with van der Waals surface area (Å²) in [7, 11) is 5.20. The monoisotopic (exact) mass is 356 g/mol. The highest BCUT2D eigenvalue weighted by molar-refractivity contribution is 5.77. The van der Waals surface area contributed by atoms with Gasteiger partial charge in [0.2, 0.25) is 5.91 Å². The van der Waals surface area contributed by atoms with Crippen LogP contribution in [0.3, 0.4) is 0 Å². The number of likely N-dealkylation sites (N-methyl/N-ethyl adjacent to an activating group) is 1. The maximum absolute atomic E-state index is 13.0. The van der Waals surface area contributed by atoms with Gasteiger partial charge in [-0.05, 0) is 25.8 Å². The third-order valence-corrected chi connectivity index (χ3v) is 5.67. The van der Waals surface area contributed by atoms with Gasteiger partial charge in [-0.3, -0.25) is 4.79 Å². The van der Waals surface area contributed by atoms with Gasteiger partial charge >= 0.3 is 0 Å². The number of rotatable bonds is 11. The zero-order chi connectivity index (χ0) is 19.0. The highest BCUT2D eigenvalue weighted by Crippen LogP contribution is 2.27. The van der Waals surface area contributed by atoms with Gasteiger partial charge in [-0.1, -0.05) is 27.2 Å². The molecular weight excluding hydrogens is 320 g/mol. The number of likely N-dealkylation sites (tertiary alicyclic amines) is 1. The van der Waals surface area contributed by atoms with E-state index in [2.05, 4.69) is 19.2 Å². The molecule has 6 atom stereocenters. The molecule has 146 valence electrons. The summed E-state index contributed by atoms with van der Waals surface area (Å²) in [6.45, 7) is 6.88. The predicted molar refractivity (Wildman–Crippen MR) is 98.5 cm³/mol. The molecule has 0 aromatic carbocycles. The third-order valence-electron chi connectivity index (χ3n) is 5.67. The fourth-order valence-electron chi connectivity index (χ4n) is 3.98. The van der Waals surface area contributed by atoms with E-state index >= 15 is 0 Å². The standard InChI is InChI=1S/C19H36N2O4/c1-7-13(2)18(20-4)16(24-5)11-17(23)21-10-8-9-15(21)19(25-6)14(3)12-22/h12-16,18-20H,7-11H2,1-6H3. The Balaban J connectivity index is 2.84. The van der Waals surface area contributed by atoms with Crippen LogP contribution in [0.2, 0.25) is 0 Å². The second-order valence-electron chi connectivity index (χ2n) is 7.17. The van der Waals surface area contributed by atoms with Crippen LogP contribution in [0.1, 0.15) is 46.5 Å². The summed E-state index contributed by atoms with van der Waals surface area (Å²) in [5, 5.41) is 3.31. The van der Waals surface area contributed by atoms with Gasteiger partial charge in [0.05, 0.1) is 24.7 Å². The first kappa shape index (κ1) is 22.1. The summed E-state index contributed by atoms with van der Waals surface area (Å²) in [6, 6.07) is 0.0963. The summed E-state index contributed by atoms with van der Waals surface area (Å²) < 4.78 is 11.2. The van der Waals surface area contributed by atoms with Gasteiger partial charge in [0.25, 0.3) is 0 Å². The van der Waals surface area contributed by atoms with E-state index in [1.54, 1.807) is 14.2 Å². The Morgan fingerprint density at radius 1 is 1.32 bits per heavy atom. The summed E-state index contributed by atoms with van der Waals surface area (Å²) in [5.41, 5.74) is 0. The van der Waals surface area contributed by atoms with E-state index in [1.807, 2.05) is 18.9 Å². The fourth-order valence-corrected chi connectivity index (χ4v) is 3.98. The number of nitrogens with zero attached hydrogens (tertiary/aromatic N) is 1. The molecule has 6 heteroatoms. The highest BCUT2D eigenvalue weighted by atomic mass is 16.5. The van der Waals surface area contributed by atoms with E-state index in [1.165, 1.54) is 0 Å². The minimum atomic E-state index is -0.250. The average Bonchev–Trinajstić information content (AvgIpc) is 3.10. The van der Waals surface area contributed by atoms with E-state index in [9.17, 15) is 9.59 Å². The smallest absolute Gasteiger partial charge is 0.225 e. The van der Waals surface area contributed by atoms with Crippen LogP contribution in [0.4, 0.5) is 0 Å². The molecule has 1 amide bonds. The van der Waals surface area contributed by atoms with Gasteiger partial charge in [-0.2, -0.15) is 0 Å². The summed E-state index contributed by atoms with van der Waals surface area (Å²) in [5.74, 6) is 0.267. The van der Waals surface area contributed by atoms with Crippen molar-refractivity contribution >= 4 is 12.2 Å². The Bertz CT molecular complexity index is 418. The highest BCUT2D eigenvalue weighted by Gasteiger charge is 2.38. The van der Waals surface area contributed by atoms with E-state index < -0.39 is 0 Å². The van der Waals surface area contributed by atoms with Crippen LogP contribution >= 0.6 is 0 Å². The second-order valence-corrected chi connectivity index (χ2v) is 7.17. The van der Waals surface area contributed by atoms with Crippen molar-refractivity contribution in [2.45, 2.75) is 70.7 Å². The maximum atomic E-state index is 13.0. The first-order valence-corrected chi connectivity index (χ1v) is 9.42. The maximum Gasteiger partial charge on any atom is 0.225 e. The number of amides is 1. The minimum absolute atomic E-state index is 0.0353. The van der Waals surface area contributed by atoms with E-state index in [0.29, 0.717) is 12.3 Å². The zero-order valence-electron chi connectivity index (χ0n) is 16.7. The quantitative estimate of drug-likeness (QED) is 0.573. The van der Waals surface area contributed by atoms with Gasteiger partial charge in [-0.25, -0.2) is 0 Å². The number of hydrogen-bond donors (Lipinski definition) is 1. The topological polar surface area (TPSA) is 67.9 Å². The lowest BCUT2D eigenvalue weighted by atomic mass is 9.92. The lowest BCUT2D eigenvalue weighted by molar-refractivity contribution is -0.140. The number of hydrogen-bond acceptors (Lipinski definition) is 5. The largest absolute Gasteiger partial charge is 0.379 e. The number of methoxy groups -OCH3 is 2. The van der Waals surface area contributed by atoms with Gasteiger partial charge in [0.15, 0.2) is 0 Å². The molecule has 0 bridgehead atoms. The van der Waals surface area contributed by atoms with Crippen LogP contribution in [-0.2, 0) is 19.1 Å². The molecule has 1 saturated heterocycles. The van der Waals surface area contributed by atoms with Crippen molar-refractivity contribution in [1.82, 2.24) is 10.2 Å². The summed E-state index contributed by atoms with van der Waals surface area (Å²) in [6.07, 6.45) is 3.68. The zero-order valence-corrected chi connectivity index (χ0v) is 16.7. The number of carbonyl (C=O) groups is 2. The third kappa shape index (κ3) is 5.50. The van der Waals surface area contributed by atoms with Crippen molar-refractivity contribution in [2.75, 3.05) is 27.8 Å². The summed E-state index contributed by atoms with van der Waals surface area (Å²) in [4.78, 5) is 26.0. The molecule has 0 spiro atoms. The molecule has 1 fully saturated rings. The lowest BCUT2D eigenvalue weighted by Crippen LogP contribution is -2.50. The molecule has 1 heterocycles. The molecule has 25 heavy (non-hydrogen) atoms. The van der Waals surface area contributed by atoms with Crippen molar-refractivity contribution in [3.05, 3.63) is 0 Å². The number of aldehydes is 1. The molecule has 6 unspecified atom stereocenters. The number of carbonyl (C=O) groups excluding carboxylic acids is 2. The fraction of sp³-hybridized carbons (Fsp3) is 0.895. The van der Waals surface area contributed by atoms with Crippen molar-refractivity contribution in [3.8, 4) is 0 Å². The molecule has 0 saturated carbocycles. The minimum Gasteiger partial charge on any atom is -0.379 e. The van der Waals surface area contributed by atoms with E-state index in [-0.39, 0.29) is 36.1 Å². The van der Waals surface area contributed by atoms with Gasteiger partial charge in [0, 0.05) is 32.7 Å². The summed E-state index contributed by atoms with van der Waals surface area (Å²) >= 11 is 0. The molecule has 1 N–H and O–H groups in total. The molecule has 1 aliphatic heterocycles. The second kappa shape index (κ2) is 10.9. The van der Waals surface area contributed by atoms with Crippen LogP contribution in [0.15, 0.2) is 0 Å². The molecule has 0 aromatic rings. The van der Waals surface area contributed by atoms with Gasteiger partial charge in [0.1, 0.15) is 6.29 Å². The van der Waals surface area contributed by atoms with Crippen LogP contribution in [-0.4, -0.2) is 69.2 Å². The van der Waals surface area contributed by atoms with E-state index in [4.69, 9.17) is 9.47 Å². The van der Waals surface area contributed by atoms with Crippen molar-refractivity contribution in [3.63, 3.8) is 0 Å². The molecular formula is C19H36N2O4. The van der Waals surface area contributed by atoms with E-state index in [0.717, 1.165) is 32.1 Å². The van der Waals surface area contributed by atoms with Crippen molar-refractivity contribution < 1.29 is 19.1 Å². The molecule has 1 aliphatic rings. The molecule has 0 aromatic heterocycles. The number of ether oxygens (including phenoxy) is 2. The number of nitrogens with one attached hydrogen (secondary N) is 1. The van der Waals surface area contributed by atoms with Crippen LogP contribution < -0.4 is 5.32 Å². The van der Waals surface area contributed by atoms with Gasteiger partial charge in [-0.15, -0.1) is 0 Å². The van der Waals surface area contributed by atoms with Crippen LogP contribution in [0.25, 0.3) is 0 Å².